The van der Waals surface area contributed by atoms with Crippen molar-refractivity contribution >= 4 is 0 Å². The van der Waals surface area contributed by atoms with Gasteiger partial charge >= 0.3 is 0 Å². The van der Waals surface area contributed by atoms with Gasteiger partial charge in [0.05, 0.1) is 13.7 Å². The molecule has 1 fully saturated rings. The Balaban J connectivity index is 2.15. The summed E-state index contributed by atoms with van der Waals surface area (Å²) in [6, 6.07) is 6.67. The lowest BCUT2D eigenvalue weighted by Crippen LogP contribution is -2.30. The predicted octanol–water partition coefficient (Wildman–Crippen LogP) is 2.45. The Labute approximate surface area is 122 Å². The molecule has 0 bridgehead atoms. The Morgan fingerprint density at radius 1 is 1.25 bits per heavy atom. The third-order valence-corrected chi connectivity index (χ3v) is 3.89. The van der Waals surface area contributed by atoms with Crippen LogP contribution in [0.1, 0.15) is 31.9 Å². The Bertz CT molecular complexity index is 415. The Morgan fingerprint density at radius 3 is 2.85 bits per heavy atom. The van der Waals surface area contributed by atoms with Crippen LogP contribution in [0.15, 0.2) is 18.2 Å². The lowest BCUT2D eigenvalue weighted by Gasteiger charge is -2.28. The summed E-state index contributed by atoms with van der Waals surface area (Å²) >= 11 is 0. The molecule has 4 heteroatoms. The molecule has 20 heavy (non-hydrogen) atoms. The molecule has 112 valence electrons. The molecule has 0 radical (unpaired) electrons. The van der Waals surface area contributed by atoms with Crippen molar-refractivity contribution in [2.45, 2.75) is 26.3 Å². The van der Waals surface area contributed by atoms with Gasteiger partial charge in [-0.2, -0.15) is 0 Å². The summed E-state index contributed by atoms with van der Waals surface area (Å²) in [6.07, 6.45) is 1.21. The van der Waals surface area contributed by atoms with Gasteiger partial charge in [0.1, 0.15) is 0 Å². The average molecular weight is 278 g/mol. The second-order valence-electron chi connectivity index (χ2n) is 5.16. The maximum absolute atomic E-state index is 5.67. The summed E-state index contributed by atoms with van der Waals surface area (Å²) < 4.78 is 11.0. The highest BCUT2D eigenvalue weighted by Crippen LogP contribution is 2.32. The summed E-state index contributed by atoms with van der Waals surface area (Å²) in [5.74, 6) is 1.65. The molecule has 4 nitrogen and oxygen atoms in total. The van der Waals surface area contributed by atoms with Gasteiger partial charge < -0.3 is 14.8 Å². The minimum absolute atomic E-state index is 0.403. The Morgan fingerprint density at radius 2 is 2.10 bits per heavy atom. The third kappa shape index (κ3) is 3.64. The van der Waals surface area contributed by atoms with Crippen molar-refractivity contribution in [2.75, 3.05) is 39.9 Å². The summed E-state index contributed by atoms with van der Waals surface area (Å²) in [5.41, 5.74) is 1.29. The van der Waals surface area contributed by atoms with Crippen LogP contribution in [-0.4, -0.2) is 44.8 Å². The van der Waals surface area contributed by atoms with E-state index in [-0.39, 0.29) is 0 Å². The number of ether oxygens (including phenoxy) is 2. The topological polar surface area (TPSA) is 33.7 Å². The van der Waals surface area contributed by atoms with Crippen molar-refractivity contribution in [1.29, 1.82) is 0 Å². The van der Waals surface area contributed by atoms with Gasteiger partial charge in [-0.25, -0.2) is 0 Å². The van der Waals surface area contributed by atoms with Crippen LogP contribution >= 0.6 is 0 Å². The highest BCUT2D eigenvalue weighted by atomic mass is 16.5. The van der Waals surface area contributed by atoms with Crippen LogP contribution in [0, 0.1) is 0 Å². The number of rotatable bonds is 5. The van der Waals surface area contributed by atoms with Crippen molar-refractivity contribution in [3.8, 4) is 11.5 Å². The molecule has 1 aliphatic rings. The molecule has 1 N–H and O–H groups in total. The van der Waals surface area contributed by atoms with Gasteiger partial charge in [-0.3, -0.25) is 4.90 Å². The first kappa shape index (κ1) is 15.1. The molecule has 1 unspecified atom stereocenters. The van der Waals surface area contributed by atoms with Gasteiger partial charge in [-0.05, 0) is 51.1 Å². The largest absolute Gasteiger partial charge is 0.493 e. The molecule has 1 atom stereocenters. The van der Waals surface area contributed by atoms with E-state index in [1.807, 2.05) is 13.0 Å². The fourth-order valence-electron chi connectivity index (χ4n) is 2.69. The van der Waals surface area contributed by atoms with Gasteiger partial charge in [0.25, 0.3) is 0 Å². The van der Waals surface area contributed by atoms with Crippen LogP contribution in [0.25, 0.3) is 0 Å². The normalized spacial score (nSPS) is 18.4. The summed E-state index contributed by atoms with van der Waals surface area (Å²) in [4.78, 5) is 2.53. The summed E-state index contributed by atoms with van der Waals surface area (Å²) in [6.45, 7) is 9.34. The van der Waals surface area contributed by atoms with Gasteiger partial charge in [0.2, 0.25) is 0 Å². The van der Waals surface area contributed by atoms with E-state index in [0.717, 1.165) is 37.7 Å². The highest BCUT2D eigenvalue weighted by molar-refractivity contribution is 5.43. The van der Waals surface area contributed by atoms with Crippen LogP contribution in [-0.2, 0) is 0 Å². The molecule has 2 rings (SSSR count). The lowest BCUT2D eigenvalue weighted by atomic mass is 10.1. The van der Waals surface area contributed by atoms with E-state index in [2.05, 4.69) is 29.3 Å². The van der Waals surface area contributed by atoms with E-state index in [4.69, 9.17) is 9.47 Å². The molecular weight excluding hydrogens is 252 g/mol. The van der Waals surface area contributed by atoms with Crippen LogP contribution in [0.4, 0.5) is 0 Å². The van der Waals surface area contributed by atoms with Crippen LogP contribution < -0.4 is 14.8 Å². The fourth-order valence-corrected chi connectivity index (χ4v) is 2.69. The van der Waals surface area contributed by atoms with E-state index in [9.17, 15) is 0 Å². The van der Waals surface area contributed by atoms with E-state index in [0.29, 0.717) is 12.6 Å². The summed E-state index contributed by atoms with van der Waals surface area (Å²) in [5, 5.41) is 3.45. The first-order chi connectivity index (χ1) is 9.76. The summed E-state index contributed by atoms with van der Waals surface area (Å²) in [7, 11) is 1.68. The first-order valence-electron chi connectivity index (χ1n) is 7.51. The SMILES string of the molecule is CCOc1cc(C(C)N2CCCNCC2)ccc1OC. The number of methoxy groups -OCH3 is 1. The lowest BCUT2D eigenvalue weighted by molar-refractivity contribution is 0.224. The molecule has 1 aromatic rings. The number of benzene rings is 1. The van der Waals surface area contributed by atoms with Crippen molar-refractivity contribution in [3.05, 3.63) is 23.8 Å². The minimum atomic E-state index is 0.403. The standard InChI is InChI=1S/C16H26N2O2/c1-4-20-16-12-14(6-7-15(16)19-3)13(2)18-10-5-8-17-9-11-18/h6-7,12-13,17H,4-5,8-11H2,1-3H3. The molecule has 1 aromatic carbocycles. The molecule has 0 saturated carbocycles. The maximum atomic E-state index is 5.67. The molecule has 0 spiro atoms. The number of nitrogens with zero attached hydrogens (tertiary/aromatic N) is 1. The van der Waals surface area contributed by atoms with Crippen molar-refractivity contribution in [1.82, 2.24) is 10.2 Å². The van der Waals surface area contributed by atoms with Gasteiger partial charge in [0.15, 0.2) is 11.5 Å². The van der Waals surface area contributed by atoms with Crippen LogP contribution in [0.5, 0.6) is 11.5 Å². The number of hydrogen-bond acceptors (Lipinski definition) is 4. The second kappa shape index (κ2) is 7.50. The van der Waals surface area contributed by atoms with E-state index < -0.39 is 0 Å². The van der Waals surface area contributed by atoms with Crippen molar-refractivity contribution < 1.29 is 9.47 Å². The van der Waals surface area contributed by atoms with Gasteiger partial charge in [-0.1, -0.05) is 6.07 Å². The zero-order chi connectivity index (χ0) is 14.4. The molecule has 1 heterocycles. The predicted molar refractivity (Wildman–Crippen MR) is 81.6 cm³/mol. The molecule has 0 aliphatic carbocycles. The first-order valence-corrected chi connectivity index (χ1v) is 7.51. The third-order valence-electron chi connectivity index (χ3n) is 3.89. The average Bonchev–Trinajstić information content (AvgIpc) is 2.76. The maximum Gasteiger partial charge on any atom is 0.161 e. The van der Waals surface area contributed by atoms with E-state index >= 15 is 0 Å². The van der Waals surface area contributed by atoms with Gasteiger partial charge in [-0.15, -0.1) is 0 Å². The zero-order valence-electron chi connectivity index (χ0n) is 12.8. The molecule has 1 aliphatic heterocycles. The van der Waals surface area contributed by atoms with Crippen molar-refractivity contribution in [3.63, 3.8) is 0 Å². The monoisotopic (exact) mass is 278 g/mol. The Kier molecular flexibility index (Phi) is 5.68. The zero-order valence-corrected chi connectivity index (χ0v) is 12.8. The van der Waals surface area contributed by atoms with E-state index in [1.54, 1.807) is 7.11 Å². The smallest absolute Gasteiger partial charge is 0.161 e. The Hall–Kier alpha value is -1.26. The minimum Gasteiger partial charge on any atom is -0.493 e. The van der Waals surface area contributed by atoms with Crippen molar-refractivity contribution in [2.24, 2.45) is 0 Å². The molecular formula is C16H26N2O2. The quantitative estimate of drug-likeness (QED) is 0.897. The van der Waals surface area contributed by atoms with Gasteiger partial charge in [0, 0.05) is 19.1 Å². The van der Waals surface area contributed by atoms with Crippen LogP contribution in [0.3, 0.4) is 0 Å². The highest BCUT2D eigenvalue weighted by Gasteiger charge is 2.18. The number of hydrogen-bond donors (Lipinski definition) is 1. The number of nitrogens with one attached hydrogen (secondary N) is 1. The molecule has 0 amide bonds. The molecule has 0 aromatic heterocycles. The fraction of sp³-hybridized carbons (Fsp3) is 0.625. The molecule has 1 saturated heterocycles. The van der Waals surface area contributed by atoms with Crippen LogP contribution in [0.2, 0.25) is 0 Å². The second-order valence-corrected chi connectivity index (χ2v) is 5.16. The van der Waals surface area contributed by atoms with E-state index in [1.165, 1.54) is 12.0 Å².